The summed E-state index contributed by atoms with van der Waals surface area (Å²) in [4.78, 5) is 11.8. The quantitative estimate of drug-likeness (QED) is 0.322. The van der Waals surface area contributed by atoms with Crippen molar-refractivity contribution in [2.24, 2.45) is 0 Å². The molecule has 0 spiro atoms. The molecule has 0 aliphatic carbocycles. The van der Waals surface area contributed by atoms with Crippen molar-refractivity contribution >= 4 is 6.41 Å². The van der Waals surface area contributed by atoms with Crippen molar-refractivity contribution in [3.8, 4) is 6.07 Å². The van der Waals surface area contributed by atoms with E-state index in [-0.39, 0.29) is 0 Å². The highest BCUT2D eigenvalue weighted by atomic mass is 16.1. The summed E-state index contributed by atoms with van der Waals surface area (Å²) in [7, 11) is 0. The maximum absolute atomic E-state index is 9.84. The van der Waals surface area contributed by atoms with Crippen LogP contribution in [0.1, 0.15) is 6.92 Å². The summed E-state index contributed by atoms with van der Waals surface area (Å²) < 4.78 is 0. The zero-order valence-corrected chi connectivity index (χ0v) is 6.71. The van der Waals surface area contributed by atoms with Crippen LogP contribution in [-0.4, -0.2) is 37.5 Å². The summed E-state index contributed by atoms with van der Waals surface area (Å²) in [6.07, 6.45) is 0.667. The Balaban J connectivity index is 3.36. The molecule has 0 aliphatic rings. The van der Waals surface area contributed by atoms with Crippen LogP contribution in [0.15, 0.2) is 0 Å². The molecule has 11 heavy (non-hydrogen) atoms. The molecule has 0 rings (SSSR count). The minimum absolute atomic E-state index is 0.428. The number of rotatable bonds is 6. The number of likely N-dealkylation sites (N-methyl/N-ethyl adjacent to an activating group) is 1. The molecule has 0 aromatic rings. The van der Waals surface area contributed by atoms with E-state index < -0.39 is 0 Å². The van der Waals surface area contributed by atoms with E-state index in [0.717, 1.165) is 13.1 Å². The van der Waals surface area contributed by atoms with E-state index in [1.807, 2.05) is 11.8 Å². The van der Waals surface area contributed by atoms with E-state index in [2.05, 4.69) is 11.4 Å². The van der Waals surface area contributed by atoms with Crippen molar-refractivity contribution in [1.82, 2.24) is 10.2 Å². The highest BCUT2D eigenvalue weighted by Gasteiger charge is 1.98. The van der Waals surface area contributed by atoms with E-state index in [4.69, 9.17) is 5.26 Å². The molecule has 0 aromatic heterocycles. The van der Waals surface area contributed by atoms with Crippen LogP contribution in [0.3, 0.4) is 0 Å². The molecule has 0 bridgehead atoms. The number of hydrogen-bond acceptors (Lipinski definition) is 3. The molecule has 0 saturated carbocycles. The van der Waals surface area contributed by atoms with Gasteiger partial charge in [0.2, 0.25) is 6.41 Å². The van der Waals surface area contributed by atoms with Crippen LogP contribution in [0.4, 0.5) is 0 Å². The Labute approximate surface area is 66.8 Å². The van der Waals surface area contributed by atoms with Gasteiger partial charge in [-0.1, -0.05) is 6.92 Å². The number of hydrogen-bond donors (Lipinski definition) is 1. The van der Waals surface area contributed by atoms with E-state index >= 15 is 0 Å². The fourth-order valence-electron chi connectivity index (χ4n) is 0.731. The Morgan fingerprint density at radius 3 is 2.91 bits per heavy atom. The third kappa shape index (κ3) is 5.37. The molecular formula is C7H13N3O. The minimum atomic E-state index is 0.428. The summed E-state index contributed by atoms with van der Waals surface area (Å²) in [6.45, 7) is 4.60. The highest BCUT2D eigenvalue weighted by molar-refractivity contribution is 5.45. The highest BCUT2D eigenvalue weighted by Crippen LogP contribution is 1.83. The van der Waals surface area contributed by atoms with Gasteiger partial charge in [0, 0.05) is 13.1 Å². The molecule has 4 heteroatoms. The lowest BCUT2D eigenvalue weighted by Crippen LogP contribution is -2.31. The molecule has 4 nitrogen and oxygen atoms in total. The van der Waals surface area contributed by atoms with Crippen LogP contribution in [0.5, 0.6) is 0 Å². The van der Waals surface area contributed by atoms with Crippen LogP contribution in [0.2, 0.25) is 0 Å². The molecule has 0 saturated heterocycles. The molecule has 0 aromatic carbocycles. The molecule has 0 heterocycles. The van der Waals surface area contributed by atoms with Gasteiger partial charge in [0.15, 0.2) is 0 Å². The van der Waals surface area contributed by atoms with E-state index in [1.54, 1.807) is 0 Å². The van der Waals surface area contributed by atoms with Gasteiger partial charge >= 0.3 is 0 Å². The van der Waals surface area contributed by atoms with Crippen molar-refractivity contribution < 1.29 is 4.79 Å². The Kier molecular flexibility index (Phi) is 6.34. The molecule has 0 radical (unpaired) electrons. The largest absolute Gasteiger partial charge is 0.357 e. The first kappa shape index (κ1) is 9.92. The summed E-state index contributed by atoms with van der Waals surface area (Å²) >= 11 is 0. The SMILES string of the molecule is CCN(CC#N)CCNC=O. The Hall–Kier alpha value is -1.08. The van der Waals surface area contributed by atoms with Crippen LogP contribution in [-0.2, 0) is 4.79 Å². The predicted molar refractivity (Wildman–Crippen MR) is 41.8 cm³/mol. The molecule has 1 amide bonds. The summed E-state index contributed by atoms with van der Waals surface area (Å²) in [5, 5.41) is 10.9. The van der Waals surface area contributed by atoms with Crippen LogP contribution in [0.25, 0.3) is 0 Å². The van der Waals surface area contributed by atoms with Crippen LogP contribution >= 0.6 is 0 Å². The Morgan fingerprint density at radius 2 is 2.45 bits per heavy atom. The smallest absolute Gasteiger partial charge is 0.207 e. The van der Waals surface area contributed by atoms with Gasteiger partial charge in [0.1, 0.15) is 0 Å². The lowest BCUT2D eigenvalue weighted by molar-refractivity contribution is -0.109. The second kappa shape index (κ2) is 7.03. The second-order valence-corrected chi connectivity index (χ2v) is 2.10. The number of nitriles is 1. The average Bonchev–Trinajstić information content (AvgIpc) is 2.03. The molecule has 1 N–H and O–H groups in total. The molecule has 0 unspecified atom stereocenters. The monoisotopic (exact) mass is 155 g/mol. The first-order chi connectivity index (χ1) is 5.35. The molecule has 62 valence electrons. The maximum atomic E-state index is 9.84. The number of carbonyl (C=O) groups excluding carboxylic acids is 1. The number of nitrogens with one attached hydrogen (secondary N) is 1. The van der Waals surface area contributed by atoms with Crippen LogP contribution < -0.4 is 5.32 Å². The topological polar surface area (TPSA) is 56.1 Å². The van der Waals surface area contributed by atoms with Gasteiger partial charge in [0.05, 0.1) is 12.6 Å². The molecular weight excluding hydrogens is 142 g/mol. The summed E-state index contributed by atoms with van der Waals surface area (Å²) in [6, 6.07) is 2.06. The standard InChI is InChI=1S/C7H13N3O/c1-2-10(5-3-8)6-4-9-7-11/h7H,2,4-6H2,1H3,(H,9,11). The summed E-state index contributed by atoms with van der Waals surface area (Å²) in [5.74, 6) is 0. The first-order valence-electron chi connectivity index (χ1n) is 3.61. The van der Waals surface area contributed by atoms with E-state index in [9.17, 15) is 4.79 Å². The second-order valence-electron chi connectivity index (χ2n) is 2.10. The predicted octanol–water partition coefficient (Wildman–Crippen LogP) is -0.422. The van der Waals surface area contributed by atoms with Gasteiger partial charge in [-0.05, 0) is 6.54 Å². The molecule has 0 fully saturated rings. The minimum Gasteiger partial charge on any atom is -0.357 e. The third-order valence-corrected chi connectivity index (χ3v) is 1.40. The lowest BCUT2D eigenvalue weighted by Gasteiger charge is -2.15. The number of amides is 1. The summed E-state index contributed by atoms with van der Waals surface area (Å²) in [5.41, 5.74) is 0. The van der Waals surface area contributed by atoms with Crippen LogP contribution in [0, 0.1) is 11.3 Å². The van der Waals surface area contributed by atoms with E-state index in [0.29, 0.717) is 19.5 Å². The van der Waals surface area contributed by atoms with Gasteiger partial charge in [0.25, 0.3) is 0 Å². The van der Waals surface area contributed by atoms with Crippen molar-refractivity contribution in [2.45, 2.75) is 6.92 Å². The third-order valence-electron chi connectivity index (χ3n) is 1.40. The van der Waals surface area contributed by atoms with Gasteiger partial charge in [-0.25, -0.2) is 0 Å². The normalized spacial score (nSPS) is 9.18. The molecule has 0 aliphatic heterocycles. The number of carbonyl (C=O) groups is 1. The Bertz CT molecular complexity index is 141. The molecule has 0 atom stereocenters. The van der Waals surface area contributed by atoms with Crippen molar-refractivity contribution in [3.05, 3.63) is 0 Å². The lowest BCUT2D eigenvalue weighted by atomic mass is 10.4. The van der Waals surface area contributed by atoms with Gasteiger partial charge in [-0.15, -0.1) is 0 Å². The maximum Gasteiger partial charge on any atom is 0.207 e. The first-order valence-corrected chi connectivity index (χ1v) is 3.61. The average molecular weight is 155 g/mol. The van der Waals surface area contributed by atoms with Gasteiger partial charge < -0.3 is 5.32 Å². The number of nitrogens with zero attached hydrogens (tertiary/aromatic N) is 2. The van der Waals surface area contributed by atoms with E-state index in [1.165, 1.54) is 0 Å². The zero-order valence-electron chi connectivity index (χ0n) is 6.71. The fraction of sp³-hybridized carbons (Fsp3) is 0.714. The van der Waals surface area contributed by atoms with Crippen molar-refractivity contribution in [1.29, 1.82) is 5.26 Å². The van der Waals surface area contributed by atoms with Gasteiger partial charge in [-0.3, -0.25) is 9.69 Å². The van der Waals surface area contributed by atoms with Crippen molar-refractivity contribution in [3.63, 3.8) is 0 Å². The zero-order chi connectivity index (χ0) is 8.53. The fourth-order valence-corrected chi connectivity index (χ4v) is 0.731. The Morgan fingerprint density at radius 1 is 1.73 bits per heavy atom. The van der Waals surface area contributed by atoms with Gasteiger partial charge in [-0.2, -0.15) is 5.26 Å². The van der Waals surface area contributed by atoms with Crippen molar-refractivity contribution in [2.75, 3.05) is 26.2 Å².